The number of ether oxygens (including phenoxy) is 1. The van der Waals surface area contributed by atoms with Crippen molar-refractivity contribution in [2.45, 2.75) is 13.8 Å². The van der Waals surface area contributed by atoms with Crippen LogP contribution in [-0.2, 0) is 0 Å². The fourth-order valence-electron chi connectivity index (χ4n) is 1.48. The van der Waals surface area contributed by atoms with Crippen molar-refractivity contribution >= 4 is 33.8 Å². The lowest BCUT2D eigenvalue weighted by atomic mass is 10.2. The molecule has 0 unspecified atom stereocenters. The van der Waals surface area contributed by atoms with E-state index in [-0.39, 0.29) is 0 Å². The Kier molecular flexibility index (Phi) is 4.83. The molecule has 2 aromatic rings. The molecule has 1 aromatic carbocycles. The molecule has 0 aliphatic rings. The third-order valence-corrected chi connectivity index (χ3v) is 3.37. The number of aromatic nitrogens is 1. The monoisotopic (exact) mass is 307 g/mol. The van der Waals surface area contributed by atoms with E-state index in [2.05, 4.69) is 24.1 Å². The van der Waals surface area contributed by atoms with Gasteiger partial charge in [-0.2, -0.15) is 5.26 Å². The molecule has 0 fully saturated rings. The summed E-state index contributed by atoms with van der Waals surface area (Å²) < 4.78 is 5.75. The van der Waals surface area contributed by atoms with Crippen molar-refractivity contribution in [3.63, 3.8) is 0 Å². The molecule has 0 aliphatic heterocycles. The van der Waals surface area contributed by atoms with E-state index in [1.807, 2.05) is 12.1 Å². The third-order valence-electron chi connectivity index (χ3n) is 2.37. The smallest absolute Gasteiger partial charge is 0.188 e. The quantitative estimate of drug-likeness (QED) is 0.886. The van der Waals surface area contributed by atoms with Crippen LogP contribution in [0.2, 0.25) is 5.02 Å². The van der Waals surface area contributed by atoms with Gasteiger partial charge in [0.05, 0.1) is 12.3 Å². The predicted octanol–water partition coefficient (Wildman–Crippen LogP) is 4.45. The second-order valence-corrected chi connectivity index (χ2v) is 5.91. The van der Waals surface area contributed by atoms with Crippen molar-refractivity contribution < 1.29 is 4.74 Å². The maximum Gasteiger partial charge on any atom is 0.188 e. The van der Waals surface area contributed by atoms with Crippen LogP contribution in [-0.4, -0.2) is 11.6 Å². The van der Waals surface area contributed by atoms with Crippen molar-refractivity contribution in [3.05, 3.63) is 34.3 Å². The van der Waals surface area contributed by atoms with Crippen molar-refractivity contribution in [3.8, 4) is 11.8 Å². The number of nitrogens with one attached hydrogen (secondary N) is 1. The average Bonchev–Trinajstić information content (AvgIpc) is 2.85. The van der Waals surface area contributed by atoms with Gasteiger partial charge in [-0.1, -0.05) is 25.4 Å². The molecule has 0 aliphatic carbocycles. The van der Waals surface area contributed by atoms with Crippen LogP contribution in [0.5, 0.6) is 5.75 Å². The van der Waals surface area contributed by atoms with Gasteiger partial charge in [-0.3, -0.25) is 0 Å². The molecule has 1 N–H and O–H groups in total. The molecule has 2 rings (SSSR count). The predicted molar refractivity (Wildman–Crippen MR) is 81.9 cm³/mol. The largest absolute Gasteiger partial charge is 0.491 e. The Labute approximate surface area is 127 Å². The molecule has 0 bridgehead atoms. The van der Waals surface area contributed by atoms with Crippen LogP contribution >= 0.6 is 22.9 Å². The van der Waals surface area contributed by atoms with E-state index in [0.717, 1.165) is 11.4 Å². The summed E-state index contributed by atoms with van der Waals surface area (Å²) in [6, 6.07) is 7.39. The Morgan fingerprint density at radius 3 is 2.95 bits per heavy atom. The Bertz CT molecular complexity index is 634. The van der Waals surface area contributed by atoms with Crippen LogP contribution in [0.1, 0.15) is 19.5 Å². The van der Waals surface area contributed by atoms with Crippen LogP contribution in [0.3, 0.4) is 0 Å². The molecule has 0 spiro atoms. The molecular weight excluding hydrogens is 294 g/mol. The first kappa shape index (κ1) is 14.6. The van der Waals surface area contributed by atoms with Crippen molar-refractivity contribution in [2.24, 2.45) is 5.92 Å². The number of hydrogen-bond donors (Lipinski definition) is 1. The summed E-state index contributed by atoms with van der Waals surface area (Å²) in [6.07, 6.45) is 0. The zero-order valence-corrected chi connectivity index (χ0v) is 12.8. The summed E-state index contributed by atoms with van der Waals surface area (Å²) in [6.45, 7) is 4.80. The molecule has 6 heteroatoms. The summed E-state index contributed by atoms with van der Waals surface area (Å²) in [5.74, 6) is 1.15. The number of rotatable bonds is 5. The lowest BCUT2D eigenvalue weighted by molar-refractivity contribution is 0.272. The van der Waals surface area contributed by atoms with Gasteiger partial charge in [-0.05, 0) is 24.1 Å². The highest BCUT2D eigenvalue weighted by atomic mass is 35.5. The molecule has 1 heterocycles. The minimum Gasteiger partial charge on any atom is -0.491 e. The van der Waals surface area contributed by atoms with E-state index in [1.54, 1.807) is 17.5 Å². The first-order chi connectivity index (χ1) is 9.58. The van der Waals surface area contributed by atoms with Crippen LogP contribution in [0, 0.1) is 17.2 Å². The summed E-state index contributed by atoms with van der Waals surface area (Å²) in [7, 11) is 0. The standard InChI is InChI=1S/C14H14ClN3OS/c1-9(2)7-19-13-4-3-10(15)5-12(13)18-14-17-11(6-16)8-20-14/h3-5,8-9H,7H2,1-2H3,(H,17,18). The fourth-order valence-corrected chi connectivity index (χ4v) is 2.30. The minimum absolute atomic E-state index is 0.393. The van der Waals surface area contributed by atoms with Crippen molar-refractivity contribution in [1.82, 2.24) is 4.98 Å². The Morgan fingerprint density at radius 1 is 1.50 bits per heavy atom. The molecule has 104 valence electrons. The molecule has 0 saturated carbocycles. The number of halogens is 1. The number of nitrogens with zero attached hydrogens (tertiary/aromatic N) is 2. The Balaban J connectivity index is 2.20. The zero-order valence-electron chi connectivity index (χ0n) is 11.2. The van der Waals surface area contributed by atoms with Gasteiger partial charge in [-0.15, -0.1) is 11.3 Å². The highest BCUT2D eigenvalue weighted by molar-refractivity contribution is 7.13. The van der Waals surface area contributed by atoms with E-state index in [4.69, 9.17) is 21.6 Å². The minimum atomic E-state index is 0.393. The van der Waals surface area contributed by atoms with E-state index in [9.17, 15) is 0 Å². The second-order valence-electron chi connectivity index (χ2n) is 4.62. The summed E-state index contributed by atoms with van der Waals surface area (Å²) in [4.78, 5) is 4.14. The SMILES string of the molecule is CC(C)COc1ccc(Cl)cc1Nc1nc(C#N)cs1. The first-order valence-corrected chi connectivity index (χ1v) is 7.39. The maximum atomic E-state index is 8.78. The van der Waals surface area contributed by atoms with Crippen LogP contribution in [0.15, 0.2) is 23.6 Å². The van der Waals surface area contributed by atoms with Crippen LogP contribution in [0.25, 0.3) is 0 Å². The Morgan fingerprint density at radius 2 is 2.30 bits per heavy atom. The van der Waals surface area contributed by atoms with Gasteiger partial charge in [0.25, 0.3) is 0 Å². The first-order valence-electron chi connectivity index (χ1n) is 6.13. The molecule has 0 atom stereocenters. The highest BCUT2D eigenvalue weighted by Crippen LogP contribution is 2.32. The van der Waals surface area contributed by atoms with Crippen LogP contribution in [0.4, 0.5) is 10.8 Å². The lowest BCUT2D eigenvalue weighted by Crippen LogP contribution is -2.06. The van der Waals surface area contributed by atoms with Crippen molar-refractivity contribution in [1.29, 1.82) is 5.26 Å². The number of thiazole rings is 1. The van der Waals surface area contributed by atoms with E-state index >= 15 is 0 Å². The Hall–Kier alpha value is -1.77. The third kappa shape index (κ3) is 3.86. The molecule has 4 nitrogen and oxygen atoms in total. The number of nitriles is 1. The van der Waals surface area contributed by atoms with Gasteiger partial charge in [0, 0.05) is 10.4 Å². The average molecular weight is 308 g/mol. The van der Waals surface area contributed by atoms with Crippen LogP contribution < -0.4 is 10.1 Å². The highest BCUT2D eigenvalue weighted by Gasteiger charge is 2.09. The summed E-state index contributed by atoms with van der Waals surface area (Å²) >= 11 is 7.38. The topological polar surface area (TPSA) is 57.9 Å². The molecular formula is C14H14ClN3OS. The maximum absolute atomic E-state index is 8.78. The molecule has 1 aromatic heterocycles. The lowest BCUT2D eigenvalue weighted by Gasteiger charge is -2.13. The zero-order chi connectivity index (χ0) is 14.5. The van der Waals surface area contributed by atoms with Gasteiger partial charge in [-0.25, -0.2) is 4.98 Å². The molecule has 20 heavy (non-hydrogen) atoms. The summed E-state index contributed by atoms with van der Waals surface area (Å²) in [5, 5.41) is 14.9. The second kappa shape index (κ2) is 6.60. The fraction of sp³-hybridized carbons (Fsp3) is 0.286. The van der Waals surface area contributed by atoms with Gasteiger partial charge < -0.3 is 10.1 Å². The van der Waals surface area contributed by atoms with Crippen molar-refractivity contribution in [2.75, 3.05) is 11.9 Å². The van der Waals surface area contributed by atoms with Gasteiger partial charge >= 0.3 is 0 Å². The molecule has 0 radical (unpaired) electrons. The number of anilines is 2. The van der Waals surface area contributed by atoms with E-state index in [0.29, 0.717) is 28.4 Å². The van der Waals surface area contributed by atoms with Gasteiger partial charge in [0.1, 0.15) is 11.8 Å². The van der Waals surface area contributed by atoms with Gasteiger partial charge in [0.15, 0.2) is 10.8 Å². The number of benzene rings is 1. The van der Waals surface area contributed by atoms with E-state index < -0.39 is 0 Å². The van der Waals surface area contributed by atoms with E-state index in [1.165, 1.54) is 11.3 Å². The molecule has 0 saturated heterocycles. The van der Waals surface area contributed by atoms with Gasteiger partial charge in [0.2, 0.25) is 0 Å². The molecule has 0 amide bonds. The summed E-state index contributed by atoms with van der Waals surface area (Å²) in [5.41, 5.74) is 1.14. The number of hydrogen-bond acceptors (Lipinski definition) is 5. The normalized spacial score (nSPS) is 10.3.